The maximum absolute atomic E-state index is 12.7. The van der Waals surface area contributed by atoms with E-state index in [-0.39, 0.29) is 0 Å². The molecule has 0 atom stereocenters. The lowest BCUT2D eigenvalue weighted by molar-refractivity contribution is -0.137. The van der Waals surface area contributed by atoms with E-state index in [0.717, 1.165) is 12.6 Å². The molecular formula is C14H17F3N2. The molecule has 5 heteroatoms. The van der Waals surface area contributed by atoms with Crippen LogP contribution in [0.2, 0.25) is 0 Å². The first-order valence-electron chi connectivity index (χ1n) is 6.22. The van der Waals surface area contributed by atoms with Crippen LogP contribution in [0.4, 0.5) is 18.9 Å². The molecule has 0 aliphatic carbocycles. The molecule has 1 aromatic carbocycles. The van der Waals surface area contributed by atoms with Crippen molar-refractivity contribution < 1.29 is 13.2 Å². The Morgan fingerprint density at radius 3 is 2.58 bits per heavy atom. The largest absolute Gasteiger partial charge is 0.416 e. The summed E-state index contributed by atoms with van der Waals surface area (Å²) in [7, 11) is 0. The molecule has 1 aliphatic heterocycles. The third kappa shape index (κ3) is 3.29. The van der Waals surface area contributed by atoms with Crippen LogP contribution in [0.1, 0.15) is 19.4 Å². The van der Waals surface area contributed by atoms with Gasteiger partial charge in [-0.05, 0) is 32.0 Å². The Bertz CT molecular complexity index is 466. The van der Waals surface area contributed by atoms with Crippen LogP contribution >= 0.6 is 0 Å². The van der Waals surface area contributed by atoms with E-state index in [9.17, 15) is 13.2 Å². The van der Waals surface area contributed by atoms with Gasteiger partial charge in [0.2, 0.25) is 0 Å². The monoisotopic (exact) mass is 270 g/mol. The Hall–Kier alpha value is -1.49. The van der Waals surface area contributed by atoms with Crippen molar-refractivity contribution in [2.45, 2.75) is 26.1 Å². The fraction of sp³-hybridized carbons (Fsp3) is 0.429. The molecule has 104 valence electrons. The molecule has 0 fully saturated rings. The predicted octanol–water partition coefficient (Wildman–Crippen LogP) is 3.71. The van der Waals surface area contributed by atoms with E-state index >= 15 is 0 Å². The normalized spacial score (nSPS) is 17.3. The zero-order chi connectivity index (χ0) is 14.0. The van der Waals surface area contributed by atoms with E-state index in [1.807, 2.05) is 17.2 Å². The Labute approximate surface area is 111 Å². The molecular weight excluding hydrogens is 253 g/mol. The van der Waals surface area contributed by atoms with Crippen LogP contribution in [0.5, 0.6) is 0 Å². The van der Waals surface area contributed by atoms with Crippen molar-refractivity contribution in [3.63, 3.8) is 0 Å². The van der Waals surface area contributed by atoms with E-state index in [0.29, 0.717) is 18.4 Å². The number of halogens is 3. The Morgan fingerprint density at radius 2 is 1.95 bits per heavy atom. The van der Waals surface area contributed by atoms with Crippen molar-refractivity contribution in [3.8, 4) is 0 Å². The lowest BCUT2D eigenvalue weighted by atomic mass is 10.1. The summed E-state index contributed by atoms with van der Waals surface area (Å²) >= 11 is 0. The summed E-state index contributed by atoms with van der Waals surface area (Å²) in [6.07, 6.45) is -0.495. The van der Waals surface area contributed by atoms with E-state index in [1.54, 1.807) is 6.07 Å². The average Bonchev–Trinajstić information content (AvgIpc) is 2.38. The highest BCUT2D eigenvalue weighted by Crippen LogP contribution is 2.32. The van der Waals surface area contributed by atoms with Gasteiger partial charge in [0.1, 0.15) is 0 Å². The zero-order valence-electron chi connectivity index (χ0n) is 11.0. The molecule has 0 saturated heterocycles. The molecule has 0 radical (unpaired) electrons. The summed E-state index contributed by atoms with van der Waals surface area (Å²) in [6, 6.07) is 5.79. The summed E-state index contributed by atoms with van der Waals surface area (Å²) in [6.45, 7) is 5.58. The van der Waals surface area contributed by atoms with Gasteiger partial charge >= 0.3 is 6.18 Å². The number of anilines is 1. The Balaban J connectivity index is 2.23. The number of nitrogens with zero attached hydrogens (tertiary/aromatic N) is 2. The summed E-state index contributed by atoms with van der Waals surface area (Å²) in [5.41, 5.74) is -0.0449. The number of alkyl halides is 3. The second kappa shape index (κ2) is 5.25. The zero-order valence-corrected chi connectivity index (χ0v) is 11.0. The van der Waals surface area contributed by atoms with Crippen LogP contribution in [0.15, 0.2) is 36.5 Å². The summed E-state index contributed by atoms with van der Waals surface area (Å²) in [5.74, 6) is 0. The topological polar surface area (TPSA) is 6.48 Å². The van der Waals surface area contributed by atoms with Gasteiger partial charge in [-0.1, -0.05) is 12.1 Å². The fourth-order valence-corrected chi connectivity index (χ4v) is 2.01. The van der Waals surface area contributed by atoms with Gasteiger partial charge in [-0.2, -0.15) is 13.2 Å². The number of hydrogen-bond donors (Lipinski definition) is 0. The fourth-order valence-electron chi connectivity index (χ4n) is 2.01. The molecule has 2 rings (SSSR count). The Kier molecular flexibility index (Phi) is 3.85. The van der Waals surface area contributed by atoms with Gasteiger partial charge in [-0.3, -0.25) is 4.90 Å². The number of benzene rings is 1. The summed E-state index contributed by atoms with van der Waals surface area (Å²) in [4.78, 5) is 4.01. The summed E-state index contributed by atoms with van der Waals surface area (Å²) < 4.78 is 38.1. The molecule has 0 spiro atoms. The van der Waals surface area contributed by atoms with E-state index in [2.05, 4.69) is 18.7 Å². The van der Waals surface area contributed by atoms with Crippen molar-refractivity contribution in [2.75, 3.05) is 18.1 Å². The first-order valence-corrected chi connectivity index (χ1v) is 6.22. The van der Waals surface area contributed by atoms with E-state index in [4.69, 9.17) is 0 Å². The molecule has 0 bridgehead atoms. The van der Waals surface area contributed by atoms with Crippen LogP contribution in [-0.2, 0) is 6.18 Å². The molecule has 1 aliphatic rings. The van der Waals surface area contributed by atoms with Crippen molar-refractivity contribution >= 4 is 5.69 Å². The van der Waals surface area contributed by atoms with Crippen LogP contribution in [0, 0.1) is 0 Å². The first kappa shape index (κ1) is 13.9. The van der Waals surface area contributed by atoms with Crippen LogP contribution < -0.4 is 4.90 Å². The van der Waals surface area contributed by atoms with Crippen molar-refractivity contribution in [1.82, 2.24) is 4.90 Å². The molecule has 2 nitrogen and oxygen atoms in total. The molecule has 0 amide bonds. The Morgan fingerprint density at radius 1 is 1.21 bits per heavy atom. The smallest absolute Gasteiger partial charge is 0.335 e. The minimum absolute atomic E-state index is 0.359. The highest BCUT2D eigenvalue weighted by Gasteiger charge is 2.31. The molecule has 0 saturated carbocycles. The van der Waals surface area contributed by atoms with Crippen LogP contribution in [-0.4, -0.2) is 24.2 Å². The van der Waals surface area contributed by atoms with Crippen molar-refractivity contribution in [2.24, 2.45) is 0 Å². The standard InChI is InChI=1S/C14H17F3N2/c1-11(2)18-7-4-8-19(10-18)13-6-3-5-12(9-13)14(15,16)17/h3-6,8-9,11H,7,10H2,1-2H3. The lowest BCUT2D eigenvalue weighted by Gasteiger charge is -2.35. The van der Waals surface area contributed by atoms with Crippen molar-refractivity contribution in [1.29, 1.82) is 0 Å². The molecule has 0 N–H and O–H groups in total. The van der Waals surface area contributed by atoms with Crippen molar-refractivity contribution in [3.05, 3.63) is 42.1 Å². The molecule has 0 aromatic heterocycles. The number of hydrogen-bond acceptors (Lipinski definition) is 2. The molecule has 1 aromatic rings. The van der Waals surface area contributed by atoms with Gasteiger partial charge in [0.15, 0.2) is 0 Å². The van der Waals surface area contributed by atoms with E-state index < -0.39 is 11.7 Å². The third-order valence-corrected chi connectivity index (χ3v) is 3.19. The minimum Gasteiger partial charge on any atom is -0.335 e. The van der Waals surface area contributed by atoms with E-state index in [1.165, 1.54) is 12.1 Å². The van der Waals surface area contributed by atoms with Gasteiger partial charge < -0.3 is 4.90 Å². The predicted molar refractivity (Wildman–Crippen MR) is 69.8 cm³/mol. The quantitative estimate of drug-likeness (QED) is 0.808. The second-order valence-electron chi connectivity index (χ2n) is 4.91. The minimum atomic E-state index is -4.30. The van der Waals surface area contributed by atoms with Gasteiger partial charge in [0.25, 0.3) is 0 Å². The molecule has 19 heavy (non-hydrogen) atoms. The van der Waals surface area contributed by atoms with Gasteiger partial charge in [-0.25, -0.2) is 0 Å². The summed E-state index contributed by atoms with van der Waals surface area (Å²) in [5, 5.41) is 0. The van der Waals surface area contributed by atoms with Crippen LogP contribution in [0.3, 0.4) is 0 Å². The average molecular weight is 270 g/mol. The highest BCUT2D eigenvalue weighted by molar-refractivity contribution is 5.52. The maximum Gasteiger partial charge on any atom is 0.416 e. The third-order valence-electron chi connectivity index (χ3n) is 3.19. The van der Waals surface area contributed by atoms with Gasteiger partial charge in [0, 0.05) is 24.5 Å². The molecule has 1 heterocycles. The number of rotatable bonds is 2. The lowest BCUT2D eigenvalue weighted by Crippen LogP contribution is -2.42. The highest BCUT2D eigenvalue weighted by atomic mass is 19.4. The molecule has 0 unspecified atom stereocenters. The second-order valence-corrected chi connectivity index (χ2v) is 4.91. The SMILES string of the molecule is CC(C)N1CC=CN(c2cccc(C(F)(F)F)c2)C1. The maximum atomic E-state index is 12.7. The first-order chi connectivity index (χ1) is 8.88. The van der Waals surface area contributed by atoms with Gasteiger partial charge in [0.05, 0.1) is 12.2 Å². The van der Waals surface area contributed by atoms with Gasteiger partial charge in [-0.15, -0.1) is 0 Å². The van der Waals surface area contributed by atoms with Crippen LogP contribution in [0.25, 0.3) is 0 Å².